The van der Waals surface area contributed by atoms with Crippen molar-refractivity contribution >= 4 is 30.7 Å². The summed E-state index contributed by atoms with van der Waals surface area (Å²) in [5.74, 6) is -0.00254. The Morgan fingerprint density at radius 2 is 1.72 bits per heavy atom. The van der Waals surface area contributed by atoms with Gasteiger partial charge in [0.05, 0.1) is 12.6 Å². The van der Waals surface area contributed by atoms with Gasteiger partial charge in [-0.05, 0) is 29.5 Å². The van der Waals surface area contributed by atoms with Gasteiger partial charge >= 0.3 is 0 Å². The molecule has 1 amide bonds. The number of halogens is 2. The molecule has 4 rings (SSSR count). The number of rotatable bonds is 5. The fourth-order valence-electron chi connectivity index (χ4n) is 4.54. The van der Waals surface area contributed by atoms with Gasteiger partial charge in [-0.15, -0.1) is 24.8 Å². The number of carbonyl (C=O) groups excluding carboxylic acids is 1. The van der Waals surface area contributed by atoms with Crippen LogP contribution in [0, 0.1) is 0 Å². The number of nitrogens with one attached hydrogen (secondary N) is 2. The molecule has 5 nitrogen and oxygen atoms in total. The fourth-order valence-corrected chi connectivity index (χ4v) is 4.54. The van der Waals surface area contributed by atoms with Crippen molar-refractivity contribution in [2.75, 3.05) is 32.8 Å². The number of amides is 1. The normalized spacial score (nSPS) is 22.0. The maximum atomic E-state index is 13.7. The zero-order valence-electron chi connectivity index (χ0n) is 16.3. The van der Waals surface area contributed by atoms with Crippen molar-refractivity contribution in [3.05, 3.63) is 71.3 Å². The summed E-state index contributed by atoms with van der Waals surface area (Å²) < 4.78 is 0. The Kier molecular flexibility index (Phi) is 8.49. The van der Waals surface area contributed by atoms with Crippen LogP contribution in [-0.4, -0.2) is 48.7 Å². The quantitative estimate of drug-likeness (QED) is 0.671. The van der Waals surface area contributed by atoms with Crippen LogP contribution in [0.15, 0.2) is 54.6 Å². The second kappa shape index (κ2) is 10.4. The number of benzene rings is 2. The van der Waals surface area contributed by atoms with Crippen molar-refractivity contribution in [3.8, 4) is 0 Å². The number of hydrogen-bond donors (Lipinski definition) is 3. The Bertz CT molecular complexity index is 800. The highest BCUT2D eigenvalue weighted by Crippen LogP contribution is 2.42. The van der Waals surface area contributed by atoms with Crippen LogP contribution >= 0.6 is 24.8 Å². The van der Waals surface area contributed by atoms with Crippen LogP contribution in [0.3, 0.4) is 0 Å². The highest BCUT2D eigenvalue weighted by molar-refractivity contribution is 5.89. The molecule has 158 valence electrons. The lowest BCUT2D eigenvalue weighted by Crippen LogP contribution is -2.60. The van der Waals surface area contributed by atoms with E-state index in [1.54, 1.807) is 0 Å². The number of aryl methyl sites for hydroxylation is 1. The summed E-state index contributed by atoms with van der Waals surface area (Å²) in [6, 6.07) is 17.6. The summed E-state index contributed by atoms with van der Waals surface area (Å²) in [5, 5.41) is 16.5. The average molecular weight is 438 g/mol. The minimum absolute atomic E-state index is 0. The zero-order chi connectivity index (χ0) is 18.7. The average Bonchev–Trinajstić information content (AvgIpc) is 3.14. The number of aliphatic hydroxyl groups excluding tert-OH is 1. The second-order valence-electron chi connectivity index (χ2n) is 7.37. The van der Waals surface area contributed by atoms with E-state index in [9.17, 15) is 9.90 Å². The molecule has 7 heteroatoms. The van der Waals surface area contributed by atoms with E-state index in [2.05, 4.69) is 27.7 Å². The molecule has 1 unspecified atom stereocenters. The van der Waals surface area contributed by atoms with Crippen LogP contribution in [0.2, 0.25) is 0 Å². The molecule has 2 atom stereocenters. The molecule has 2 aliphatic rings. The Labute approximate surface area is 184 Å². The first-order chi connectivity index (χ1) is 13.3. The molecule has 3 N–H and O–H groups in total. The molecule has 1 fully saturated rings. The van der Waals surface area contributed by atoms with E-state index in [1.807, 2.05) is 42.5 Å². The van der Waals surface area contributed by atoms with Crippen LogP contribution in [0.5, 0.6) is 0 Å². The van der Waals surface area contributed by atoms with Gasteiger partial charge in [-0.25, -0.2) is 0 Å². The Hall–Kier alpha value is -1.63. The van der Waals surface area contributed by atoms with E-state index < -0.39 is 11.6 Å². The van der Waals surface area contributed by atoms with E-state index in [0.29, 0.717) is 0 Å². The monoisotopic (exact) mass is 437 g/mol. The zero-order valence-corrected chi connectivity index (χ0v) is 18.0. The largest absolute Gasteiger partial charge is 0.394 e. The van der Waals surface area contributed by atoms with Gasteiger partial charge in [0, 0.05) is 26.2 Å². The van der Waals surface area contributed by atoms with E-state index >= 15 is 0 Å². The maximum Gasteiger partial charge on any atom is 0.245 e. The van der Waals surface area contributed by atoms with Crippen LogP contribution in [0.4, 0.5) is 0 Å². The van der Waals surface area contributed by atoms with Crippen molar-refractivity contribution in [2.24, 2.45) is 0 Å². The van der Waals surface area contributed by atoms with Crippen molar-refractivity contribution in [1.29, 1.82) is 0 Å². The van der Waals surface area contributed by atoms with E-state index in [4.69, 9.17) is 0 Å². The molecular weight excluding hydrogens is 409 g/mol. The maximum absolute atomic E-state index is 13.7. The first-order valence-electron chi connectivity index (χ1n) is 9.76. The van der Waals surface area contributed by atoms with Crippen LogP contribution in [-0.2, 0) is 16.8 Å². The van der Waals surface area contributed by atoms with Crippen molar-refractivity contribution < 1.29 is 9.90 Å². The third-order valence-corrected chi connectivity index (χ3v) is 5.94. The third kappa shape index (κ3) is 4.44. The highest BCUT2D eigenvalue weighted by atomic mass is 35.5. The van der Waals surface area contributed by atoms with Gasteiger partial charge < -0.3 is 15.7 Å². The van der Waals surface area contributed by atoms with Gasteiger partial charge in [-0.3, -0.25) is 9.69 Å². The third-order valence-electron chi connectivity index (χ3n) is 5.94. The summed E-state index contributed by atoms with van der Waals surface area (Å²) in [7, 11) is 0. The SMILES string of the molecule is Cl.Cl.O=C(N[C@H](CO)c1ccccc1)C1(N2CCNCC2)CCc2ccccc21. The van der Waals surface area contributed by atoms with Gasteiger partial charge in [0.1, 0.15) is 5.54 Å². The minimum atomic E-state index is -0.652. The standard InChI is InChI=1S/C22H27N3O2.2ClH/c26-16-20(18-7-2-1-3-8-18)24-21(27)22(25-14-12-23-13-15-25)11-10-17-6-4-5-9-19(17)22;;/h1-9,20,23,26H,10-16H2,(H,24,27);2*1H/t20-,22?;;/m1../s1. The molecule has 0 saturated carbocycles. The number of fused-ring (bicyclic) bond motifs is 1. The molecule has 1 saturated heterocycles. The van der Waals surface area contributed by atoms with Crippen molar-refractivity contribution in [2.45, 2.75) is 24.4 Å². The predicted octanol–water partition coefficient (Wildman–Crippen LogP) is 2.43. The number of carbonyl (C=O) groups is 1. The molecule has 1 aliphatic heterocycles. The summed E-state index contributed by atoms with van der Waals surface area (Å²) in [4.78, 5) is 16.0. The molecule has 0 spiro atoms. The molecule has 0 radical (unpaired) electrons. The first-order valence-corrected chi connectivity index (χ1v) is 9.76. The van der Waals surface area contributed by atoms with Crippen molar-refractivity contribution in [3.63, 3.8) is 0 Å². The molecule has 0 aromatic heterocycles. The summed E-state index contributed by atoms with van der Waals surface area (Å²) in [6.45, 7) is 3.35. The van der Waals surface area contributed by atoms with Gasteiger partial charge in [-0.2, -0.15) is 0 Å². The molecule has 1 heterocycles. The molecule has 2 aromatic carbocycles. The Morgan fingerprint density at radius 3 is 2.41 bits per heavy atom. The second-order valence-corrected chi connectivity index (χ2v) is 7.37. The molecular formula is C22H29Cl2N3O2. The molecule has 0 bridgehead atoms. The smallest absolute Gasteiger partial charge is 0.245 e. The summed E-state index contributed by atoms with van der Waals surface area (Å²) in [5.41, 5.74) is 2.65. The topological polar surface area (TPSA) is 64.6 Å². The molecule has 29 heavy (non-hydrogen) atoms. The first kappa shape index (κ1) is 23.6. The van der Waals surface area contributed by atoms with E-state index in [1.165, 1.54) is 5.56 Å². The number of nitrogens with zero attached hydrogens (tertiary/aromatic N) is 1. The molecule has 1 aliphatic carbocycles. The lowest BCUT2D eigenvalue weighted by molar-refractivity contribution is -0.136. The predicted molar refractivity (Wildman–Crippen MR) is 120 cm³/mol. The molecule has 2 aromatic rings. The van der Waals surface area contributed by atoms with Crippen LogP contribution in [0.1, 0.15) is 29.2 Å². The lowest BCUT2D eigenvalue weighted by atomic mass is 9.87. The van der Waals surface area contributed by atoms with Gasteiger partial charge in [-0.1, -0.05) is 54.6 Å². The summed E-state index contributed by atoms with van der Waals surface area (Å²) in [6.07, 6.45) is 1.69. The lowest BCUT2D eigenvalue weighted by Gasteiger charge is -2.43. The minimum Gasteiger partial charge on any atom is -0.394 e. The van der Waals surface area contributed by atoms with E-state index in [0.717, 1.165) is 50.1 Å². The number of aliphatic hydroxyl groups is 1. The fraction of sp³-hybridized carbons (Fsp3) is 0.409. The van der Waals surface area contributed by atoms with Gasteiger partial charge in [0.2, 0.25) is 5.91 Å². The van der Waals surface area contributed by atoms with Gasteiger partial charge in [0.15, 0.2) is 0 Å². The Balaban J connectivity index is 0.00000150. The van der Waals surface area contributed by atoms with Gasteiger partial charge in [0.25, 0.3) is 0 Å². The van der Waals surface area contributed by atoms with Crippen LogP contribution < -0.4 is 10.6 Å². The van der Waals surface area contributed by atoms with Crippen molar-refractivity contribution in [1.82, 2.24) is 15.5 Å². The van der Waals surface area contributed by atoms with E-state index in [-0.39, 0.29) is 37.3 Å². The number of hydrogen-bond acceptors (Lipinski definition) is 4. The van der Waals surface area contributed by atoms with Crippen LogP contribution in [0.25, 0.3) is 0 Å². The highest BCUT2D eigenvalue weighted by Gasteiger charge is 2.50. The summed E-state index contributed by atoms with van der Waals surface area (Å²) >= 11 is 0. The number of piperazine rings is 1. The Morgan fingerprint density at radius 1 is 1.07 bits per heavy atom.